The number of hydrogen-bond donors (Lipinski definition) is 2. The van der Waals surface area contributed by atoms with Crippen molar-refractivity contribution in [3.63, 3.8) is 0 Å². The van der Waals surface area contributed by atoms with E-state index in [1.807, 2.05) is 0 Å². The molecule has 0 aromatic heterocycles. The monoisotopic (exact) mass is 354 g/mol. The van der Waals surface area contributed by atoms with Crippen molar-refractivity contribution >= 4 is 23.5 Å². The van der Waals surface area contributed by atoms with E-state index in [9.17, 15) is 19.8 Å². The zero-order valence-electron chi connectivity index (χ0n) is 13.6. The van der Waals surface area contributed by atoms with Gasteiger partial charge in [-0.2, -0.15) is 0 Å². The minimum absolute atomic E-state index is 0.126. The number of aliphatic carboxylic acids is 2. The number of halogens is 1. The largest absolute Gasteiger partial charge is 0.497 e. The molecule has 1 aromatic rings. The van der Waals surface area contributed by atoms with Gasteiger partial charge in [-0.15, -0.1) is 0 Å². The highest BCUT2D eigenvalue weighted by atomic mass is 35.5. The second-order valence-electron chi connectivity index (χ2n) is 6.08. The summed E-state index contributed by atoms with van der Waals surface area (Å²) >= 11 is 6.36. The quantitative estimate of drug-likeness (QED) is 0.789. The van der Waals surface area contributed by atoms with Crippen molar-refractivity contribution in [3.05, 3.63) is 34.9 Å². The number of allylic oxidation sites excluding steroid dienone is 1. The smallest absolute Gasteiger partial charge is 0.314 e. The van der Waals surface area contributed by atoms with Gasteiger partial charge in [0, 0.05) is 6.07 Å². The van der Waals surface area contributed by atoms with Crippen molar-refractivity contribution in [3.8, 4) is 11.5 Å². The van der Waals surface area contributed by atoms with Gasteiger partial charge in [0.15, 0.2) is 0 Å². The van der Waals surface area contributed by atoms with Crippen LogP contribution >= 0.6 is 11.6 Å². The van der Waals surface area contributed by atoms with Gasteiger partial charge in [0.1, 0.15) is 11.5 Å². The lowest BCUT2D eigenvalue weighted by Gasteiger charge is -2.39. The summed E-state index contributed by atoms with van der Waals surface area (Å²) in [6.07, 6.45) is 3.11. The molecule has 2 rings (SSSR count). The highest BCUT2D eigenvalue weighted by Crippen LogP contribution is 2.49. The van der Waals surface area contributed by atoms with Gasteiger partial charge < -0.3 is 19.7 Å². The van der Waals surface area contributed by atoms with Crippen LogP contribution in [-0.4, -0.2) is 36.4 Å². The van der Waals surface area contributed by atoms with E-state index in [0.717, 1.165) is 0 Å². The summed E-state index contributed by atoms with van der Waals surface area (Å²) in [4.78, 5) is 23.8. The molecule has 0 fully saturated rings. The Morgan fingerprint density at radius 1 is 1.17 bits per heavy atom. The highest BCUT2D eigenvalue weighted by Gasteiger charge is 2.51. The molecule has 0 bridgehead atoms. The molecule has 0 radical (unpaired) electrons. The van der Waals surface area contributed by atoms with E-state index in [4.69, 9.17) is 21.1 Å². The third-order valence-corrected chi connectivity index (χ3v) is 4.89. The number of ether oxygens (including phenoxy) is 2. The fourth-order valence-corrected chi connectivity index (χ4v) is 3.46. The third-order valence-electron chi connectivity index (χ3n) is 4.50. The van der Waals surface area contributed by atoms with Crippen LogP contribution in [0.4, 0.5) is 0 Å². The normalized spacial score (nSPS) is 26.0. The van der Waals surface area contributed by atoms with Crippen LogP contribution in [0.3, 0.4) is 0 Å². The molecule has 1 aliphatic carbocycles. The number of carbonyl (C=O) groups is 2. The lowest BCUT2D eigenvalue weighted by atomic mass is 9.63. The summed E-state index contributed by atoms with van der Waals surface area (Å²) in [6, 6.07) is 3.08. The third kappa shape index (κ3) is 2.82. The number of benzene rings is 1. The van der Waals surface area contributed by atoms with Crippen molar-refractivity contribution in [1.82, 2.24) is 0 Å². The maximum Gasteiger partial charge on any atom is 0.314 e. The summed E-state index contributed by atoms with van der Waals surface area (Å²) in [5.41, 5.74) is -2.51. The first kappa shape index (κ1) is 18.1. The van der Waals surface area contributed by atoms with Crippen molar-refractivity contribution in [2.45, 2.75) is 25.2 Å². The Hall–Kier alpha value is -2.21. The van der Waals surface area contributed by atoms with E-state index in [0.29, 0.717) is 5.75 Å². The second kappa shape index (κ2) is 6.36. The molecular weight excluding hydrogens is 336 g/mol. The van der Waals surface area contributed by atoms with Crippen molar-refractivity contribution in [1.29, 1.82) is 0 Å². The standard InChI is InChI=1S/C17H19ClO6/c1-16(14(19)20)5-4-6-17(9-16,15(21)22)11-7-10(23-2)8-12(24-3)13(11)18/h4-5,7-8H,6,9H2,1-3H3,(H,19,20)(H,21,22). The molecule has 0 heterocycles. The van der Waals surface area contributed by atoms with Crippen LogP contribution in [0.1, 0.15) is 25.3 Å². The molecule has 1 aromatic carbocycles. The fourth-order valence-electron chi connectivity index (χ4n) is 3.10. The van der Waals surface area contributed by atoms with Crippen LogP contribution < -0.4 is 9.47 Å². The molecule has 0 saturated carbocycles. The van der Waals surface area contributed by atoms with E-state index in [2.05, 4.69) is 0 Å². The number of hydrogen-bond acceptors (Lipinski definition) is 4. The summed E-state index contributed by atoms with van der Waals surface area (Å²) in [5.74, 6) is -1.57. The van der Waals surface area contributed by atoms with Gasteiger partial charge in [-0.1, -0.05) is 23.8 Å². The number of carboxylic acids is 2. The minimum atomic E-state index is -1.49. The summed E-state index contributed by atoms with van der Waals surface area (Å²) in [5, 5.41) is 19.6. The lowest BCUT2D eigenvalue weighted by molar-refractivity contribution is -0.151. The number of methoxy groups -OCH3 is 2. The summed E-state index contributed by atoms with van der Waals surface area (Å²) in [7, 11) is 2.86. The molecule has 0 aliphatic heterocycles. The van der Waals surface area contributed by atoms with Gasteiger partial charge in [0.2, 0.25) is 0 Å². The zero-order valence-corrected chi connectivity index (χ0v) is 14.4. The molecule has 0 saturated heterocycles. The van der Waals surface area contributed by atoms with Gasteiger partial charge in [-0.25, -0.2) is 0 Å². The van der Waals surface area contributed by atoms with E-state index >= 15 is 0 Å². The first-order valence-corrected chi connectivity index (χ1v) is 7.64. The molecule has 0 spiro atoms. The first-order valence-electron chi connectivity index (χ1n) is 7.26. The van der Waals surface area contributed by atoms with Gasteiger partial charge in [0.25, 0.3) is 0 Å². The fraction of sp³-hybridized carbons (Fsp3) is 0.412. The van der Waals surface area contributed by atoms with Crippen LogP contribution in [0.25, 0.3) is 0 Å². The Morgan fingerprint density at radius 2 is 1.83 bits per heavy atom. The Bertz CT molecular complexity index is 713. The van der Waals surface area contributed by atoms with E-state index in [1.54, 1.807) is 12.1 Å². The molecule has 24 heavy (non-hydrogen) atoms. The Morgan fingerprint density at radius 3 is 2.33 bits per heavy atom. The van der Waals surface area contributed by atoms with Crippen LogP contribution in [0.5, 0.6) is 11.5 Å². The molecule has 2 N–H and O–H groups in total. The van der Waals surface area contributed by atoms with E-state index < -0.39 is 22.8 Å². The van der Waals surface area contributed by atoms with E-state index in [-0.39, 0.29) is 29.2 Å². The molecule has 1 aliphatic rings. The number of rotatable bonds is 5. The molecule has 2 atom stereocenters. The summed E-state index contributed by atoms with van der Waals surface area (Å²) < 4.78 is 10.4. The van der Waals surface area contributed by atoms with Crippen LogP contribution in [0, 0.1) is 5.41 Å². The maximum absolute atomic E-state index is 12.2. The second-order valence-corrected chi connectivity index (χ2v) is 6.46. The van der Waals surface area contributed by atoms with Crippen molar-refractivity contribution < 1.29 is 29.3 Å². The highest BCUT2D eigenvalue weighted by molar-refractivity contribution is 6.33. The topological polar surface area (TPSA) is 93.1 Å². The Kier molecular flexibility index (Phi) is 4.80. The lowest BCUT2D eigenvalue weighted by Crippen LogP contribution is -2.45. The van der Waals surface area contributed by atoms with Crippen molar-refractivity contribution in [2.75, 3.05) is 14.2 Å². The molecule has 7 heteroatoms. The maximum atomic E-state index is 12.2. The molecule has 0 amide bonds. The summed E-state index contributed by atoms with van der Waals surface area (Å²) in [6.45, 7) is 1.49. The van der Waals surface area contributed by atoms with Crippen LogP contribution in [0.15, 0.2) is 24.3 Å². The van der Waals surface area contributed by atoms with Gasteiger partial charge in [-0.05, 0) is 31.4 Å². The molecule has 2 unspecified atom stereocenters. The number of carboxylic acid groups (broad SMARTS) is 2. The minimum Gasteiger partial charge on any atom is -0.497 e. The van der Waals surface area contributed by atoms with E-state index in [1.165, 1.54) is 33.3 Å². The molecule has 130 valence electrons. The first-order chi connectivity index (χ1) is 11.2. The SMILES string of the molecule is COc1cc(OC)c(Cl)c(C2(C(=O)O)CC=CC(C)(C(=O)O)C2)c1. The average Bonchev–Trinajstić information content (AvgIpc) is 2.54. The Labute approximate surface area is 144 Å². The van der Waals surface area contributed by atoms with Crippen LogP contribution in [0.2, 0.25) is 5.02 Å². The molecular formula is C17H19ClO6. The van der Waals surface area contributed by atoms with Crippen molar-refractivity contribution in [2.24, 2.45) is 5.41 Å². The van der Waals surface area contributed by atoms with Gasteiger partial charge in [-0.3, -0.25) is 9.59 Å². The average molecular weight is 355 g/mol. The predicted octanol–water partition coefficient (Wildman–Crippen LogP) is 3.12. The molecule has 6 nitrogen and oxygen atoms in total. The predicted molar refractivity (Wildman–Crippen MR) is 88.0 cm³/mol. The Balaban J connectivity index is 2.71. The zero-order chi connectivity index (χ0) is 18.1. The van der Waals surface area contributed by atoms with Crippen LogP contribution in [-0.2, 0) is 15.0 Å². The van der Waals surface area contributed by atoms with Gasteiger partial charge >= 0.3 is 11.9 Å². The van der Waals surface area contributed by atoms with Gasteiger partial charge in [0.05, 0.1) is 30.1 Å².